The van der Waals surface area contributed by atoms with Crippen LogP contribution in [0.3, 0.4) is 0 Å². The van der Waals surface area contributed by atoms with E-state index in [9.17, 15) is 5.11 Å². The Balaban J connectivity index is 1.19. The van der Waals surface area contributed by atoms with Gasteiger partial charge in [0.15, 0.2) is 5.79 Å². The maximum atomic E-state index is 10.2. The van der Waals surface area contributed by atoms with Gasteiger partial charge in [-0.1, -0.05) is 52.2 Å². The quantitative estimate of drug-likeness (QED) is 0.312. The summed E-state index contributed by atoms with van der Waals surface area (Å²) in [6.07, 6.45) is 16.9. The molecule has 0 aromatic heterocycles. The molecule has 1 heterocycles. The van der Waals surface area contributed by atoms with Gasteiger partial charge in [-0.05, 0) is 126 Å². The Morgan fingerprint density at radius 3 is 2.41 bits per heavy atom. The van der Waals surface area contributed by atoms with Crippen LogP contribution in [0.5, 0.6) is 0 Å². The molecule has 0 bridgehead atoms. The molecule has 0 aromatic carbocycles. The molecule has 5 rings (SSSR count). The van der Waals surface area contributed by atoms with E-state index in [0.29, 0.717) is 30.1 Å². The molecule has 3 saturated carbocycles. The SMILES string of the molecule is C[C@H](CCCC(C)(C)O)[C@H]1CC[C@H]2[C@@H]3CC=C4C[C@@H](OCC5(C)COC(C)(C)OC5)CC[C@]4(C)[C@H]3CC[C@]12C. The zero-order valence-corrected chi connectivity index (χ0v) is 26.6. The summed E-state index contributed by atoms with van der Waals surface area (Å²) < 4.78 is 18.5. The predicted molar refractivity (Wildman–Crippen MR) is 158 cm³/mol. The number of aliphatic hydroxyl groups is 1. The largest absolute Gasteiger partial charge is 0.390 e. The maximum absolute atomic E-state index is 10.2. The van der Waals surface area contributed by atoms with Crippen LogP contribution < -0.4 is 0 Å². The van der Waals surface area contributed by atoms with E-state index in [1.807, 2.05) is 27.7 Å². The minimum Gasteiger partial charge on any atom is -0.390 e. The van der Waals surface area contributed by atoms with Crippen molar-refractivity contribution >= 4 is 0 Å². The average molecular weight is 545 g/mol. The first-order valence-corrected chi connectivity index (χ1v) is 16.5. The minimum atomic E-state index is -0.528. The number of allylic oxidation sites excluding steroid dienone is 1. The first-order valence-electron chi connectivity index (χ1n) is 16.5. The average Bonchev–Trinajstić information content (AvgIpc) is 3.21. The summed E-state index contributed by atoms with van der Waals surface area (Å²) in [6, 6.07) is 0. The van der Waals surface area contributed by atoms with E-state index in [2.05, 4.69) is 33.8 Å². The Kier molecular flexibility index (Phi) is 8.24. The number of hydrogen-bond donors (Lipinski definition) is 1. The Bertz CT molecular complexity index is 891. The lowest BCUT2D eigenvalue weighted by Crippen LogP contribution is -2.51. The van der Waals surface area contributed by atoms with Crippen molar-refractivity contribution in [3.63, 3.8) is 0 Å². The van der Waals surface area contributed by atoms with Crippen LogP contribution in [0.2, 0.25) is 0 Å². The molecule has 4 nitrogen and oxygen atoms in total. The molecule has 0 amide bonds. The van der Waals surface area contributed by atoms with Crippen molar-refractivity contribution in [3.05, 3.63) is 11.6 Å². The summed E-state index contributed by atoms with van der Waals surface area (Å²) in [4.78, 5) is 0. The fourth-order valence-electron chi connectivity index (χ4n) is 9.98. The Labute approximate surface area is 240 Å². The van der Waals surface area contributed by atoms with Crippen LogP contribution in [0.15, 0.2) is 11.6 Å². The van der Waals surface area contributed by atoms with E-state index in [1.165, 1.54) is 51.4 Å². The van der Waals surface area contributed by atoms with E-state index in [-0.39, 0.29) is 5.41 Å². The van der Waals surface area contributed by atoms with Crippen LogP contribution in [0, 0.1) is 45.8 Å². The van der Waals surface area contributed by atoms with Crippen molar-refractivity contribution in [2.75, 3.05) is 19.8 Å². The molecule has 4 fully saturated rings. The predicted octanol–water partition coefficient (Wildman–Crippen LogP) is 8.32. The summed E-state index contributed by atoms with van der Waals surface area (Å²) in [5, 5.41) is 10.2. The number of ether oxygens (including phenoxy) is 3. The van der Waals surface area contributed by atoms with Gasteiger partial charge < -0.3 is 19.3 Å². The Hall–Kier alpha value is -0.420. The van der Waals surface area contributed by atoms with Gasteiger partial charge in [0.2, 0.25) is 0 Å². The van der Waals surface area contributed by atoms with E-state index < -0.39 is 11.4 Å². The molecule has 8 atom stereocenters. The van der Waals surface area contributed by atoms with Gasteiger partial charge in [-0.25, -0.2) is 0 Å². The highest BCUT2D eigenvalue weighted by molar-refractivity contribution is 5.25. The Morgan fingerprint density at radius 2 is 1.72 bits per heavy atom. The highest BCUT2D eigenvalue weighted by Gasteiger charge is 2.59. The molecule has 1 saturated heterocycles. The van der Waals surface area contributed by atoms with Gasteiger partial charge in [0.05, 0.1) is 31.5 Å². The molecule has 0 aromatic rings. The molecular weight excluding hydrogens is 484 g/mol. The van der Waals surface area contributed by atoms with Gasteiger partial charge >= 0.3 is 0 Å². The molecule has 4 aliphatic carbocycles. The van der Waals surface area contributed by atoms with Gasteiger partial charge in [-0.15, -0.1) is 0 Å². The number of fused-ring (bicyclic) bond motifs is 5. The third-order valence-electron chi connectivity index (χ3n) is 12.5. The van der Waals surface area contributed by atoms with Crippen LogP contribution in [0.4, 0.5) is 0 Å². The van der Waals surface area contributed by atoms with Crippen molar-refractivity contribution in [2.45, 2.75) is 144 Å². The van der Waals surface area contributed by atoms with E-state index in [4.69, 9.17) is 14.2 Å². The molecule has 1 aliphatic heterocycles. The highest BCUT2D eigenvalue weighted by Crippen LogP contribution is 2.67. The van der Waals surface area contributed by atoms with Crippen molar-refractivity contribution in [3.8, 4) is 0 Å². The smallest absolute Gasteiger partial charge is 0.162 e. The van der Waals surface area contributed by atoms with Crippen molar-refractivity contribution in [1.29, 1.82) is 0 Å². The van der Waals surface area contributed by atoms with Crippen LogP contribution in [-0.2, 0) is 14.2 Å². The minimum absolute atomic E-state index is 0.0550. The van der Waals surface area contributed by atoms with E-state index in [0.717, 1.165) is 55.5 Å². The summed E-state index contributed by atoms with van der Waals surface area (Å²) in [5.74, 6) is 3.75. The Morgan fingerprint density at radius 1 is 1.00 bits per heavy atom. The van der Waals surface area contributed by atoms with Gasteiger partial charge in [0.1, 0.15) is 0 Å². The second kappa shape index (κ2) is 10.7. The first-order chi connectivity index (χ1) is 18.1. The molecule has 39 heavy (non-hydrogen) atoms. The number of rotatable bonds is 8. The van der Waals surface area contributed by atoms with Crippen LogP contribution in [0.25, 0.3) is 0 Å². The molecule has 0 spiro atoms. The van der Waals surface area contributed by atoms with Crippen molar-refractivity contribution in [1.82, 2.24) is 0 Å². The maximum Gasteiger partial charge on any atom is 0.162 e. The lowest BCUT2D eigenvalue weighted by atomic mass is 9.47. The van der Waals surface area contributed by atoms with Crippen LogP contribution >= 0.6 is 0 Å². The molecule has 5 aliphatic rings. The fourth-order valence-corrected chi connectivity index (χ4v) is 9.98. The van der Waals surface area contributed by atoms with Crippen molar-refractivity contribution < 1.29 is 19.3 Å². The zero-order valence-electron chi connectivity index (χ0n) is 26.6. The highest BCUT2D eigenvalue weighted by atomic mass is 16.7. The molecule has 1 N–H and O–H groups in total. The van der Waals surface area contributed by atoms with E-state index >= 15 is 0 Å². The molecule has 0 radical (unpaired) electrons. The van der Waals surface area contributed by atoms with Crippen molar-refractivity contribution in [2.24, 2.45) is 45.8 Å². The van der Waals surface area contributed by atoms with Gasteiger partial charge in [-0.2, -0.15) is 0 Å². The summed E-state index contributed by atoms with van der Waals surface area (Å²) in [5.41, 5.74) is 2.00. The molecular formula is C35H60O4. The third-order valence-corrected chi connectivity index (χ3v) is 12.5. The van der Waals surface area contributed by atoms with Gasteiger partial charge in [0.25, 0.3) is 0 Å². The summed E-state index contributed by atoms with van der Waals surface area (Å²) >= 11 is 0. The fraction of sp³-hybridized carbons (Fsp3) is 0.943. The van der Waals surface area contributed by atoms with E-state index in [1.54, 1.807) is 5.57 Å². The molecule has 224 valence electrons. The summed E-state index contributed by atoms with van der Waals surface area (Å²) in [7, 11) is 0. The first kappa shape index (κ1) is 30.1. The monoisotopic (exact) mass is 544 g/mol. The lowest BCUT2D eigenvalue weighted by Gasteiger charge is -2.58. The van der Waals surface area contributed by atoms with Crippen LogP contribution in [0.1, 0.15) is 126 Å². The van der Waals surface area contributed by atoms with Gasteiger partial charge in [-0.3, -0.25) is 0 Å². The normalized spacial score (nSPS) is 42.2. The molecule has 4 heteroatoms. The standard InChI is InChI=1S/C35H60O4/c1-24(10-9-17-31(2,3)36)28-13-14-29-27-12-11-25-20-26(37-21-33(6)22-38-32(4,5)39-23-33)15-18-34(25,7)30(27)16-19-35(28,29)8/h11,24,26-30,36H,9-10,12-23H2,1-8H3/t24-,26+,27+,28-,29+,30+,34+,35-/m1/s1. The summed E-state index contributed by atoms with van der Waals surface area (Å²) in [6.45, 7) is 20.1. The number of hydrogen-bond acceptors (Lipinski definition) is 4. The second-order valence-corrected chi connectivity index (χ2v) is 16.6. The topological polar surface area (TPSA) is 47.9 Å². The third kappa shape index (κ3) is 6.06. The molecule has 0 unspecified atom stereocenters. The van der Waals surface area contributed by atoms with Gasteiger partial charge in [0, 0.05) is 5.41 Å². The second-order valence-electron chi connectivity index (χ2n) is 16.6. The lowest BCUT2D eigenvalue weighted by molar-refractivity contribution is -0.290. The zero-order chi connectivity index (χ0) is 28.3. The van der Waals surface area contributed by atoms with Crippen LogP contribution in [-0.4, -0.2) is 42.4 Å².